The van der Waals surface area contributed by atoms with E-state index in [1.165, 1.54) is 18.3 Å². The van der Waals surface area contributed by atoms with Crippen LogP contribution in [0.25, 0.3) is 4.83 Å². The number of hydrogen-bond donors (Lipinski definition) is 1. The Hall–Kier alpha value is -3.85. The van der Waals surface area contributed by atoms with Crippen LogP contribution in [-0.2, 0) is 13.1 Å². The normalized spacial score (nSPS) is 10.9. The van der Waals surface area contributed by atoms with E-state index in [-0.39, 0.29) is 34.2 Å². The summed E-state index contributed by atoms with van der Waals surface area (Å²) in [7, 11) is 0. The second kappa shape index (κ2) is 8.49. The Kier molecular flexibility index (Phi) is 5.59. The van der Waals surface area contributed by atoms with E-state index in [9.17, 15) is 23.6 Å². The first-order valence-electron chi connectivity index (χ1n) is 9.28. The first-order chi connectivity index (χ1) is 15.0. The van der Waals surface area contributed by atoms with Crippen LogP contribution >= 0.6 is 11.3 Å². The minimum Gasteiger partial charge on any atom is -0.347 e. The number of rotatable bonds is 6. The number of halogens is 1. The Balaban J connectivity index is 1.69. The van der Waals surface area contributed by atoms with E-state index < -0.39 is 17.2 Å². The molecule has 0 aliphatic rings. The van der Waals surface area contributed by atoms with Gasteiger partial charge in [0.15, 0.2) is 6.29 Å². The van der Waals surface area contributed by atoms with E-state index in [1.807, 2.05) is 6.07 Å². The van der Waals surface area contributed by atoms with Crippen molar-refractivity contribution in [1.82, 2.24) is 14.3 Å². The first-order valence-corrected chi connectivity index (χ1v) is 10.1. The largest absolute Gasteiger partial charge is 0.347 e. The molecule has 0 unspecified atom stereocenters. The van der Waals surface area contributed by atoms with Gasteiger partial charge in [-0.05, 0) is 23.3 Å². The molecular formula is C22H16FN3O4S. The van der Waals surface area contributed by atoms with E-state index in [4.69, 9.17) is 0 Å². The van der Waals surface area contributed by atoms with Crippen LogP contribution in [0.3, 0.4) is 0 Å². The zero-order chi connectivity index (χ0) is 22.0. The maximum Gasteiger partial charge on any atom is 0.336 e. The Morgan fingerprint density at radius 3 is 2.42 bits per heavy atom. The molecule has 2 aromatic heterocycles. The minimum absolute atomic E-state index is 0.00420. The molecule has 0 atom stereocenters. The topological polar surface area (TPSA) is 89.7 Å². The lowest BCUT2D eigenvalue weighted by Gasteiger charge is -2.07. The summed E-state index contributed by atoms with van der Waals surface area (Å²) in [5, 5.41) is 2.68. The van der Waals surface area contributed by atoms with Crippen LogP contribution < -0.4 is 16.6 Å². The number of benzene rings is 2. The van der Waals surface area contributed by atoms with Crippen molar-refractivity contribution in [1.29, 1.82) is 0 Å². The second-order valence-electron chi connectivity index (χ2n) is 6.77. The number of nitrogens with zero attached hydrogens (tertiary/aromatic N) is 2. The standard InChI is InChI=1S/C22H16FN3O4S/c23-16-8-6-14(7-9-16)10-24-19(28)18-12-26-21(31-18)17(13-27)20(29)25(22(26)30)11-15-4-2-1-3-5-15/h1-9,12-13H,10-11H2,(H,24,28). The zero-order valence-electron chi connectivity index (χ0n) is 16.1. The van der Waals surface area contributed by atoms with Gasteiger partial charge in [-0.15, -0.1) is 11.3 Å². The third-order valence-electron chi connectivity index (χ3n) is 4.71. The zero-order valence-corrected chi connectivity index (χ0v) is 16.9. The van der Waals surface area contributed by atoms with E-state index in [2.05, 4.69) is 5.32 Å². The fraction of sp³-hybridized carbons (Fsp3) is 0.0909. The van der Waals surface area contributed by atoms with E-state index in [0.717, 1.165) is 25.9 Å². The Bertz CT molecular complexity index is 1390. The van der Waals surface area contributed by atoms with Crippen LogP contribution in [0.5, 0.6) is 0 Å². The lowest BCUT2D eigenvalue weighted by Crippen LogP contribution is -2.39. The molecule has 0 aliphatic heterocycles. The molecule has 4 aromatic rings. The molecule has 0 saturated carbocycles. The molecule has 0 bridgehead atoms. The molecule has 9 heteroatoms. The monoisotopic (exact) mass is 437 g/mol. The van der Waals surface area contributed by atoms with Crippen molar-refractivity contribution in [2.75, 3.05) is 0 Å². The highest BCUT2D eigenvalue weighted by Crippen LogP contribution is 2.18. The van der Waals surface area contributed by atoms with Crippen molar-refractivity contribution in [3.8, 4) is 0 Å². The van der Waals surface area contributed by atoms with Gasteiger partial charge in [-0.2, -0.15) is 0 Å². The number of carbonyl (C=O) groups excluding carboxylic acids is 2. The van der Waals surface area contributed by atoms with Crippen molar-refractivity contribution in [3.63, 3.8) is 0 Å². The van der Waals surface area contributed by atoms with Gasteiger partial charge in [0.1, 0.15) is 21.1 Å². The predicted molar refractivity (Wildman–Crippen MR) is 114 cm³/mol. The molecule has 2 aromatic carbocycles. The van der Waals surface area contributed by atoms with Crippen molar-refractivity contribution >= 4 is 28.4 Å². The molecule has 2 heterocycles. The lowest BCUT2D eigenvalue weighted by atomic mass is 10.2. The Labute approximate surface area is 179 Å². The highest BCUT2D eigenvalue weighted by Gasteiger charge is 2.19. The van der Waals surface area contributed by atoms with Gasteiger partial charge in [0.05, 0.1) is 6.54 Å². The average molecular weight is 437 g/mol. The minimum atomic E-state index is -0.705. The average Bonchev–Trinajstić information content (AvgIpc) is 3.23. The molecule has 0 fully saturated rings. The summed E-state index contributed by atoms with van der Waals surface area (Å²) in [6.07, 6.45) is 1.71. The van der Waals surface area contributed by atoms with Crippen LogP contribution in [0.2, 0.25) is 0 Å². The van der Waals surface area contributed by atoms with Crippen LogP contribution in [0.1, 0.15) is 31.2 Å². The maximum atomic E-state index is 13.0. The van der Waals surface area contributed by atoms with Crippen molar-refractivity contribution < 1.29 is 14.0 Å². The molecule has 0 saturated heterocycles. The summed E-state index contributed by atoms with van der Waals surface area (Å²) in [5.74, 6) is -0.853. The predicted octanol–water partition coefficient (Wildman–Crippen LogP) is 2.45. The molecule has 7 nitrogen and oxygen atoms in total. The third-order valence-corrected chi connectivity index (χ3v) is 5.83. The summed E-state index contributed by atoms with van der Waals surface area (Å²) in [6.45, 7) is 0.161. The fourth-order valence-electron chi connectivity index (χ4n) is 3.12. The Morgan fingerprint density at radius 2 is 1.74 bits per heavy atom. The van der Waals surface area contributed by atoms with Crippen LogP contribution in [0, 0.1) is 5.82 Å². The van der Waals surface area contributed by atoms with E-state index in [1.54, 1.807) is 36.4 Å². The Morgan fingerprint density at radius 1 is 1.03 bits per heavy atom. The van der Waals surface area contributed by atoms with Gasteiger partial charge in [-0.3, -0.25) is 23.4 Å². The number of nitrogens with one attached hydrogen (secondary N) is 1. The number of aldehydes is 1. The number of hydrogen-bond acceptors (Lipinski definition) is 5. The highest BCUT2D eigenvalue weighted by atomic mass is 32.1. The summed E-state index contributed by atoms with van der Waals surface area (Å²) in [4.78, 5) is 50.1. The molecule has 0 radical (unpaired) electrons. The van der Waals surface area contributed by atoms with Crippen molar-refractivity contribution in [2.45, 2.75) is 13.1 Å². The summed E-state index contributed by atoms with van der Waals surface area (Å²) in [5.41, 5.74) is -0.0967. The highest BCUT2D eigenvalue weighted by molar-refractivity contribution is 7.19. The number of aromatic nitrogens is 2. The van der Waals surface area contributed by atoms with Gasteiger partial charge >= 0.3 is 5.69 Å². The lowest BCUT2D eigenvalue weighted by molar-refractivity contribution is 0.0954. The molecule has 1 amide bonds. The summed E-state index contributed by atoms with van der Waals surface area (Å²) in [6, 6.07) is 14.6. The quantitative estimate of drug-likeness (QED) is 0.469. The smallest absolute Gasteiger partial charge is 0.336 e. The SMILES string of the molecule is O=Cc1c(=O)n(Cc2ccccc2)c(=O)n2cc(C(=O)NCc3ccc(F)cc3)sc12. The molecular weight excluding hydrogens is 421 g/mol. The molecule has 0 aliphatic carbocycles. The van der Waals surface area contributed by atoms with Crippen molar-refractivity contribution in [3.05, 3.63) is 109 Å². The van der Waals surface area contributed by atoms with Gasteiger partial charge in [0.25, 0.3) is 11.5 Å². The van der Waals surface area contributed by atoms with Crippen LogP contribution in [0.4, 0.5) is 4.39 Å². The first kappa shape index (κ1) is 20.4. The molecule has 4 rings (SSSR count). The fourth-order valence-corrected chi connectivity index (χ4v) is 4.12. The van der Waals surface area contributed by atoms with E-state index >= 15 is 0 Å². The van der Waals surface area contributed by atoms with Crippen LogP contribution in [-0.4, -0.2) is 21.2 Å². The number of amides is 1. The number of thiazole rings is 1. The van der Waals surface area contributed by atoms with Gasteiger partial charge < -0.3 is 5.32 Å². The second-order valence-corrected chi connectivity index (χ2v) is 7.80. The van der Waals surface area contributed by atoms with Gasteiger partial charge in [-0.1, -0.05) is 42.5 Å². The van der Waals surface area contributed by atoms with Crippen LogP contribution in [0.15, 0.2) is 70.4 Å². The van der Waals surface area contributed by atoms with Gasteiger partial charge in [-0.25, -0.2) is 9.18 Å². The molecule has 1 N–H and O–H groups in total. The third kappa shape index (κ3) is 4.08. The van der Waals surface area contributed by atoms with E-state index in [0.29, 0.717) is 11.8 Å². The van der Waals surface area contributed by atoms with Gasteiger partial charge in [0.2, 0.25) is 0 Å². The van der Waals surface area contributed by atoms with Crippen molar-refractivity contribution in [2.24, 2.45) is 0 Å². The maximum absolute atomic E-state index is 13.0. The number of carbonyl (C=O) groups is 2. The summed E-state index contributed by atoms with van der Waals surface area (Å²) >= 11 is 0.884. The molecule has 0 spiro atoms. The van der Waals surface area contributed by atoms with Gasteiger partial charge in [0, 0.05) is 12.7 Å². The molecule has 31 heavy (non-hydrogen) atoms. The number of fused-ring (bicyclic) bond motifs is 1. The molecule has 156 valence electrons. The summed E-state index contributed by atoms with van der Waals surface area (Å²) < 4.78 is 15.1.